The normalized spacial score (nSPS) is 21.1. The van der Waals surface area contributed by atoms with Crippen LogP contribution in [0.1, 0.15) is 46.0 Å². The zero-order valence-corrected chi connectivity index (χ0v) is 16.2. The molecule has 138 valence electrons. The fraction of sp³-hybridized carbons (Fsp3) is 0.722. The number of hydrogen-bond acceptors (Lipinski definition) is 5. The number of nitrogens with zero attached hydrogens (tertiary/aromatic N) is 4. The summed E-state index contributed by atoms with van der Waals surface area (Å²) in [4.78, 5) is 14.3. The van der Waals surface area contributed by atoms with Crippen molar-refractivity contribution in [3.63, 3.8) is 0 Å². The highest BCUT2D eigenvalue weighted by atomic mass is 32.1. The van der Waals surface area contributed by atoms with Gasteiger partial charge in [-0.25, -0.2) is 0 Å². The lowest BCUT2D eigenvalue weighted by Gasteiger charge is -2.33. The van der Waals surface area contributed by atoms with Crippen LogP contribution in [0.25, 0.3) is 0 Å². The average Bonchev–Trinajstić information content (AvgIpc) is 2.62. The Labute approximate surface area is 156 Å². The van der Waals surface area contributed by atoms with Crippen molar-refractivity contribution in [2.45, 2.75) is 46.0 Å². The van der Waals surface area contributed by atoms with E-state index in [1.807, 2.05) is 6.92 Å². The smallest absolute Gasteiger partial charge is 0.232 e. The van der Waals surface area contributed by atoms with Gasteiger partial charge in [0, 0.05) is 38.8 Å². The second-order valence-corrected chi connectivity index (χ2v) is 7.54. The van der Waals surface area contributed by atoms with Crippen molar-refractivity contribution in [3.8, 4) is 0 Å². The van der Waals surface area contributed by atoms with Gasteiger partial charge in [0.05, 0.1) is 0 Å². The Hall–Kier alpha value is -1.63. The molecule has 6 nitrogen and oxygen atoms in total. The molecule has 0 radical (unpaired) electrons. The molecule has 1 aromatic rings. The molecule has 0 amide bonds. The Morgan fingerprint density at radius 1 is 1.12 bits per heavy atom. The van der Waals surface area contributed by atoms with Gasteiger partial charge in [0.1, 0.15) is 11.6 Å². The molecule has 0 spiro atoms. The predicted octanol–water partition coefficient (Wildman–Crippen LogP) is 3.01. The maximum atomic E-state index is 5.32. The Kier molecular flexibility index (Phi) is 6.29. The summed E-state index contributed by atoms with van der Waals surface area (Å²) in [6, 6.07) is 2.16. The van der Waals surface area contributed by atoms with Crippen LogP contribution in [0.3, 0.4) is 0 Å². The quantitative estimate of drug-likeness (QED) is 0.799. The van der Waals surface area contributed by atoms with Crippen LogP contribution in [0.4, 0.5) is 17.6 Å². The third kappa shape index (κ3) is 4.93. The summed E-state index contributed by atoms with van der Waals surface area (Å²) in [5.74, 6) is 3.34. The SMILES string of the molecule is CCNC(=S)Nc1nc(N2CCCCC2)cc(N2CCCC(C)C2)n1. The van der Waals surface area contributed by atoms with Crippen LogP contribution >= 0.6 is 12.2 Å². The minimum Gasteiger partial charge on any atom is -0.363 e. The van der Waals surface area contributed by atoms with Crippen LogP contribution < -0.4 is 20.4 Å². The number of thiocarbonyl (C=S) groups is 1. The number of piperidine rings is 2. The van der Waals surface area contributed by atoms with Gasteiger partial charge in [-0.15, -0.1) is 0 Å². The maximum absolute atomic E-state index is 5.32. The van der Waals surface area contributed by atoms with Gasteiger partial charge in [0.2, 0.25) is 5.95 Å². The standard InChI is InChI=1S/C18H30N6S/c1-3-19-18(25)22-17-20-15(23-9-5-4-6-10-23)12-16(21-17)24-11-7-8-14(2)13-24/h12,14H,3-11,13H2,1-2H3,(H2,19,20,21,22,25). The molecule has 2 fully saturated rings. The minimum absolute atomic E-state index is 0.580. The molecule has 2 N–H and O–H groups in total. The third-order valence-electron chi connectivity index (χ3n) is 4.92. The Bertz CT molecular complexity index is 587. The molecule has 3 heterocycles. The van der Waals surface area contributed by atoms with E-state index in [1.54, 1.807) is 0 Å². The molecule has 2 aliphatic heterocycles. The molecular formula is C18H30N6S. The maximum Gasteiger partial charge on any atom is 0.232 e. The van der Waals surface area contributed by atoms with Gasteiger partial charge in [-0.1, -0.05) is 6.92 Å². The van der Waals surface area contributed by atoms with E-state index < -0.39 is 0 Å². The Morgan fingerprint density at radius 3 is 2.48 bits per heavy atom. The third-order valence-corrected chi connectivity index (χ3v) is 5.17. The van der Waals surface area contributed by atoms with E-state index in [4.69, 9.17) is 22.2 Å². The molecule has 0 bridgehead atoms. The topological polar surface area (TPSA) is 56.3 Å². The van der Waals surface area contributed by atoms with Gasteiger partial charge in [0.25, 0.3) is 0 Å². The number of anilines is 3. The average molecular weight is 363 g/mol. The molecule has 0 aromatic carbocycles. The van der Waals surface area contributed by atoms with Crippen molar-refractivity contribution in [2.24, 2.45) is 5.92 Å². The molecule has 7 heteroatoms. The number of rotatable bonds is 4. The fourth-order valence-electron chi connectivity index (χ4n) is 3.63. The second kappa shape index (κ2) is 8.65. The van der Waals surface area contributed by atoms with Crippen LogP contribution in [0, 0.1) is 5.92 Å². The number of nitrogens with one attached hydrogen (secondary N) is 2. The van der Waals surface area contributed by atoms with Crippen molar-refractivity contribution in [2.75, 3.05) is 47.8 Å². The first-order valence-corrected chi connectivity index (χ1v) is 10.0. The molecule has 25 heavy (non-hydrogen) atoms. The second-order valence-electron chi connectivity index (χ2n) is 7.13. The summed E-state index contributed by atoms with van der Waals surface area (Å²) in [6.45, 7) is 9.41. The molecule has 2 saturated heterocycles. The van der Waals surface area contributed by atoms with Crippen molar-refractivity contribution in [1.29, 1.82) is 0 Å². The summed E-state index contributed by atoms with van der Waals surface area (Å²) in [5.41, 5.74) is 0. The van der Waals surface area contributed by atoms with Gasteiger partial charge in [0.15, 0.2) is 5.11 Å². The zero-order chi connectivity index (χ0) is 17.6. The van der Waals surface area contributed by atoms with Crippen LogP contribution in [-0.2, 0) is 0 Å². The summed E-state index contributed by atoms with van der Waals surface area (Å²) in [7, 11) is 0. The zero-order valence-electron chi connectivity index (χ0n) is 15.4. The first-order chi connectivity index (χ1) is 12.2. The molecular weight excluding hydrogens is 332 g/mol. The van der Waals surface area contributed by atoms with Crippen molar-refractivity contribution >= 4 is 34.9 Å². The van der Waals surface area contributed by atoms with Crippen LogP contribution in [0.2, 0.25) is 0 Å². The lowest BCUT2D eigenvalue weighted by Crippen LogP contribution is -2.36. The van der Waals surface area contributed by atoms with E-state index in [2.05, 4.69) is 33.4 Å². The van der Waals surface area contributed by atoms with Gasteiger partial charge in [-0.05, 0) is 57.2 Å². The van der Waals surface area contributed by atoms with Crippen LogP contribution in [0.5, 0.6) is 0 Å². The molecule has 0 aliphatic carbocycles. The van der Waals surface area contributed by atoms with E-state index in [1.165, 1.54) is 32.1 Å². The van der Waals surface area contributed by atoms with Crippen molar-refractivity contribution < 1.29 is 0 Å². The Balaban J connectivity index is 1.85. The first-order valence-electron chi connectivity index (χ1n) is 9.59. The molecule has 2 aliphatic rings. The summed E-state index contributed by atoms with van der Waals surface area (Å²) < 4.78 is 0. The summed E-state index contributed by atoms with van der Waals surface area (Å²) in [6.07, 6.45) is 6.31. The van der Waals surface area contributed by atoms with Crippen LogP contribution in [0.15, 0.2) is 6.07 Å². The molecule has 1 aromatic heterocycles. The summed E-state index contributed by atoms with van der Waals surface area (Å²) >= 11 is 5.32. The van der Waals surface area contributed by atoms with E-state index >= 15 is 0 Å². The monoisotopic (exact) mass is 362 g/mol. The van der Waals surface area contributed by atoms with Gasteiger partial charge < -0.3 is 20.4 Å². The van der Waals surface area contributed by atoms with Gasteiger partial charge in [-0.2, -0.15) is 9.97 Å². The molecule has 3 rings (SSSR count). The highest BCUT2D eigenvalue weighted by Crippen LogP contribution is 2.27. The predicted molar refractivity (Wildman–Crippen MR) is 109 cm³/mol. The Morgan fingerprint density at radius 2 is 1.80 bits per heavy atom. The molecule has 0 saturated carbocycles. The van der Waals surface area contributed by atoms with E-state index in [0.29, 0.717) is 17.0 Å². The van der Waals surface area contributed by atoms with Crippen molar-refractivity contribution in [1.82, 2.24) is 15.3 Å². The van der Waals surface area contributed by atoms with Gasteiger partial charge >= 0.3 is 0 Å². The van der Waals surface area contributed by atoms with E-state index in [9.17, 15) is 0 Å². The van der Waals surface area contributed by atoms with E-state index in [0.717, 1.165) is 44.4 Å². The van der Waals surface area contributed by atoms with Crippen LogP contribution in [-0.4, -0.2) is 47.8 Å². The minimum atomic E-state index is 0.580. The number of aromatic nitrogens is 2. The number of hydrogen-bond donors (Lipinski definition) is 2. The summed E-state index contributed by atoms with van der Waals surface area (Å²) in [5, 5.41) is 6.85. The highest BCUT2D eigenvalue weighted by Gasteiger charge is 2.21. The lowest BCUT2D eigenvalue weighted by molar-refractivity contribution is 0.444. The van der Waals surface area contributed by atoms with Gasteiger partial charge in [-0.3, -0.25) is 0 Å². The lowest BCUT2D eigenvalue weighted by atomic mass is 10.0. The molecule has 1 atom stereocenters. The van der Waals surface area contributed by atoms with Crippen molar-refractivity contribution in [3.05, 3.63) is 6.07 Å². The van der Waals surface area contributed by atoms with E-state index in [-0.39, 0.29) is 0 Å². The first kappa shape index (κ1) is 18.2. The largest absolute Gasteiger partial charge is 0.363 e. The molecule has 1 unspecified atom stereocenters. The highest BCUT2D eigenvalue weighted by molar-refractivity contribution is 7.80. The fourth-order valence-corrected chi connectivity index (χ4v) is 3.86.